The van der Waals surface area contributed by atoms with Crippen molar-refractivity contribution in [3.63, 3.8) is 0 Å². The van der Waals surface area contributed by atoms with Crippen molar-refractivity contribution in [2.75, 3.05) is 12.0 Å². The Hall–Kier alpha value is -3.61. The van der Waals surface area contributed by atoms with E-state index in [0.717, 1.165) is 45.1 Å². The summed E-state index contributed by atoms with van der Waals surface area (Å²) < 4.78 is 5.31. The van der Waals surface area contributed by atoms with Crippen molar-refractivity contribution in [2.24, 2.45) is 4.99 Å². The molecule has 0 aliphatic carbocycles. The third kappa shape index (κ3) is 4.99. The minimum absolute atomic E-state index is 0.117. The predicted octanol–water partition coefficient (Wildman–Crippen LogP) is 6.34. The molecule has 1 N–H and O–H groups in total. The van der Waals surface area contributed by atoms with Crippen LogP contribution in [-0.2, 0) is 17.8 Å². The highest BCUT2D eigenvalue weighted by molar-refractivity contribution is 6.32. The standard InChI is InChI=1S/C29H26Cl2N4O2/c1-17-27(18(2)34-33-17)28-23-15-21(30)10-13-26(23)35(16-19-8-11-22(37-3)12-9-19)29(36)25(32-28)14-20-6-4-5-7-24(20)31/h4-13,15,25H,14,16H2,1-3H3,(H,33,34). The fraction of sp³-hybridized carbons (Fsp3) is 0.207. The van der Waals surface area contributed by atoms with E-state index >= 15 is 0 Å². The number of aromatic amines is 1. The lowest BCUT2D eigenvalue weighted by Gasteiger charge is -2.26. The highest BCUT2D eigenvalue weighted by Crippen LogP contribution is 2.34. The maximum atomic E-state index is 14.2. The second-order valence-corrected chi connectivity index (χ2v) is 9.88. The summed E-state index contributed by atoms with van der Waals surface area (Å²) in [6.45, 7) is 4.24. The Morgan fingerprint density at radius 1 is 1.03 bits per heavy atom. The molecule has 0 saturated carbocycles. The van der Waals surface area contributed by atoms with Crippen LogP contribution in [0.1, 0.15) is 33.6 Å². The van der Waals surface area contributed by atoms with E-state index in [-0.39, 0.29) is 5.91 Å². The Bertz CT molecular complexity index is 1470. The lowest BCUT2D eigenvalue weighted by atomic mass is 9.98. The summed E-state index contributed by atoms with van der Waals surface area (Å²) >= 11 is 13.0. The lowest BCUT2D eigenvalue weighted by Crippen LogP contribution is -2.38. The summed E-state index contributed by atoms with van der Waals surface area (Å²) in [6.07, 6.45) is 0.360. The highest BCUT2D eigenvalue weighted by Gasteiger charge is 2.34. The predicted molar refractivity (Wildman–Crippen MR) is 148 cm³/mol. The number of benzodiazepines with no additional fused rings is 1. The molecule has 6 nitrogen and oxygen atoms in total. The van der Waals surface area contributed by atoms with Crippen LogP contribution in [0.4, 0.5) is 5.69 Å². The SMILES string of the molecule is COc1ccc(CN2C(=O)C(Cc3ccccc3Cl)N=C(c3c(C)n[nH]c3C)c3cc(Cl)ccc32)cc1. The van der Waals surface area contributed by atoms with Gasteiger partial charge >= 0.3 is 0 Å². The average Bonchev–Trinajstić information content (AvgIpc) is 3.19. The van der Waals surface area contributed by atoms with E-state index in [1.54, 1.807) is 18.1 Å². The number of hydrogen-bond donors (Lipinski definition) is 1. The third-order valence-electron chi connectivity index (χ3n) is 6.58. The first-order valence-electron chi connectivity index (χ1n) is 11.9. The number of nitrogens with zero attached hydrogens (tertiary/aromatic N) is 3. The summed E-state index contributed by atoms with van der Waals surface area (Å²) in [5, 5.41) is 8.61. The van der Waals surface area contributed by atoms with Crippen LogP contribution < -0.4 is 9.64 Å². The first kappa shape index (κ1) is 25.1. The molecule has 0 spiro atoms. The summed E-state index contributed by atoms with van der Waals surface area (Å²) in [7, 11) is 1.63. The van der Waals surface area contributed by atoms with Gasteiger partial charge in [0.2, 0.25) is 0 Å². The number of benzene rings is 3. The van der Waals surface area contributed by atoms with E-state index in [9.17, 15) is 4.79 Å². The minimum atomic E-state index is -0.701. The van der Waals surface area contributed by atoms with Gasteiger partial charge in [-0.2, -0.15) is 5.10 Å². The van der Waals surface area contributed by atoms with Gasteiger partial charge < -0.3 is 9.64 Å². The lowest BCUT2D eigenvalue weighted by molar-refractivity contribution is -0.119. The summed E-state index contributed by atoms with van der Waals surface area (Å²) in [4.78, 5) is 21.1. The van der Waals surface area contributed by atoms with Crippen molar-refractivity contribution in [1.29, 1.82) is 0 Å². The van der Waals surface area contributed by atoms with Crippen molar-refractivity contribution >= 4 is 40.5 Å². The van der Waals surface area contributed by atoms with Gasteiger partial charge in [-0.3, -0.25) is 14.9 Å². The van der Waals surface area contributed by atoms with Crippen molar-refractivity contribution in [3.8, 4) is 5.75 Å². The Balaban J connectivity index is 1.68. The summed E-state index contributed by atoms with van der Waals surface area (Å²) in [6, 6.07) is 20.1. The first-order valence-corrected chi connectivity index (χ1v) is 12.7. The van der Waals surface area contributed by atoms with Gasteiger partial charge in [0.15, 0.2) is 0 Å². The normalized spacial score (nSPS) is 15.3. The second-order valence-electron chi connectivity index (χ2n) is 9.03. The monoisotopic (exact) mass is 532 g/mol. The molecule has 8 heteroatoms. The molecule has 3 aromatic carbocycles. The fourth-order valence-corrected chi connectivity index (χ4v) is 5.08. The fourth-order valence-electron chi connectivity index (χ4n) is 4.69. The number of halogens is 2. The Morgan fingerprint density at radius 3 is 2.46 bits per heavy atom. The molecule has 1 unspecified atom stereocenters. The Kier molecular flexibility index (Phi) is 7.04. The average molecular weight is 533 g/mol. The third-order valence-corrected chi connectivity index (χ3v) is 7.18. The molecule has 1 amide bonds. The number of aliphatic imine (C=N–C) groups is 1. The maximum Gasteiger partial charge on any atom is 0.252 e. The molecule has 0 bridgehead atoms. The van der Waals surface area contributed by atoms with Crippen LogP contribution in [0.15, 0.2) is 71.7 Å². The molecule has 0 radical (unpaired) electrons. The number of methoxy groups -OCH3 is 1. The van der Waals surface area contributed by atoms with E-state index in [1.165, 1.54) is 0 Å². The van der Waals surface area contributed by atoms with Gasteiger partial charge in [0, 0.05) is 33.3 Å². The number of ether oxygens (including phenoxy) is 1. The second kappa shape index (κ2) is 10.4. The zero-order valence-electron chi connectivity index (χ0n) is 20.8. The van der Waals surface area contributed by atoms with Crippen LogP contribution in [0.5, 0.6) is 5.75 Å². The van der Waals surface area contributed by atoms with Gasteiger partial charge in [0.1, 0.15) is 11.8 Å². The van der Waals surface area contributed by atoms with Crippen LogP contribution in [0, 0.1) is 13.8 Å². The van der Waals surface area contributed by atoms with Gasteiger partial charge in [-0.25, -0.2) is 0 Å². The summed E-state index contributed by atoms with van der Waals surface area (Å²) in [5.41, 5.74) is 6.57. The number of hydrogen-bond acceptors (Lipinski definition) is 4. The number of amides is 1. The molecule has 4 aromatic rings. The quantitative estimate of drug-likeness (QED) is 0.315. The van der Waals surface area contributed by atoms with Crippen LogP contribution in [-0.4, -0.2) is 35.0 Å². The Labute approximate surface area is 225 Å². The molecule has 0 fully saturated rings. The van der Waals surface area contributed by atoms with Crippen molar-refractivity contribution in [3.05, 3.63) is 110 Å². The van der Waals surface area contributed by atoms with Crippen molar-refractivity contribution < 1.29 is 9.53 Å². The molecule has 188 valence electrons. The first-order chi connectivity index (χ1) is 17.9. The zero-order valence-corrected chi connectivity index (χ0v) is 22.3. The van der Waals surface area contributed by atoms with E-state index < -0.39 is 6.04 Å². The number of anilines is 1. The van der Waals surface area contributed by atoms with Crippen LogP contribution in [0.2, 0.25) is 10.0 Å². The van der Waals surface area contributed by atoms with Crippen molar-refractivity contribution in [2.45, 2.75) is 32.9 Å². The Morgan fingerprint density at radius 2 is 1.78 bits per heavy atom. The number of fused-ring (bicyclic) bond motifs is 1. The maximum absolute atomic E-state index is 14.2. The number of H-pyrrole nitrogens is 1. The van der Waals surface area contributed by atoms with Gasteiger partial charge in [0.05, 0.1) is 30.7 Å². The van der Waals surface area contributed by atoms with E-state index in [2.05, 4.69) is 10.2 Å². The topological polar surface area (TPSA) is 70.6 Å². The number of nitrogens with one attached hydrogen (secondary N) is 1. The minimum Gasteiger partial charge on any atom is -0.497 e. The number of aromatic nitrogens is 2. The number of carbonyl (C=O) groups is 1. The van der Waals surface area contributed by atoms with E-state index in [4.69, 9.17) is 32.9 Å². The number of carbonyl (C=O) groups excluding carboxylic acids is 1. The van der Waals surface area contributed by atoms with Gasteiger partial charge in [-0.1, -0.05) is 53.5 Å². The van der Waals surface area contributed by atoms with Gasteiger partial charge in [-0.15, -0.1) is 0 Å². The van der Waals surface area contributed by atoms with Crippen LogP contribution >= 0.6 is 23.2 Å². The van der Waals surface area contributed by atoms with Crippen LogP contribution in [0.25, 0.3) is 0 Å². The molecule has 37 heavy (non-hydrogen) atoms. The van der Waals surface area contributed by atoms with Gasteiger partial charge in [-0.05, 0) is 61.4 Å². The van der Waals surface area contributed by atoms with E-state index in [0.29, 0.717) is 28.7 Å². The molecule has 1 atom stereocenters. The number of aryl methyl sites for hydroxylation is 2. The molecular formula is C29H26Cl2N4O2. The molecule has 5 rings (SSSR count). The molecule has 1 aromatic heterocycles. The van der Waals surface area contributed by atoms with E-state index in [1.807, 2.05) is 74.5 Å². The smallest absolute Gasteiger partial charge is 0.252 e. The van der Waals surface area contributed by atoms with Gasteiger partial charge in [0.25, 0.3) is 5.91 Å². The van der Waals surface area contributed by atoms with Crippen LogP contribution in [0.3, 0.4) is 0 Å². The molecule has 0 saturated heterocycles. The molecule has 2 heterocycles. The zero-order chi connectivity index (χ0) is 26.1. The van der Waals surface area contributed by atoms with Crippen molar-refractivity contribution in [1.82, 2.24) is 10.2 Å². The number of rotatable bonds is 6. The largest absolute Gasteiger partial charge is 0.497 e. The molecule has 1 aliphatic rings. The summed E-state index contributed by atoms with van der Waals surface area (Å²) in [5.74, 6) is 0.638. The molecule has 1 aliphatic heterocycles. The molecular weight excluding hydrogens is 507 g/mol. The highest BCUT2D eigenvalue weighted by atomic mass is 35.5.